The van der Waals surface area contributed by atoms with Gasteiger partial charge in [-0.2, -0.15) is 0 Å². The molecule has 0 aliphatic carbocycles. The quantitative estimate of drug-likeness (QED) is 0.488. The van der Waals surface area contributed by atoms with Crippen molar-refractivity contribution < 1.29 is 4.79 Å². The average molecular weight is 153 g/mol. The van der Waals surface area contributed by atoms with Crippen LogP contribution >= 0.6 is 0 Å². The van der Waals surface area contributed by atoms with Crippen LogP contribution in [0.5, 0.6) is 0 Å². The summed E-state index contributed by atoms with van der Waals surface area (Å²) < 4.78 is 0. The van der Waals surface area contributed by atoms with Gasteiger partial charge in [-0.05, 0) is 32.2 Å². The summed E-state index contributed by atoms with van der Waals surface area (Å²) in [6.07, 6.45) is 6.91. The van der Waals surface area contributed by atoms with Crippen LogP contribution in [0.4, 0.5) is 0 Å². The molecule has 1 atom stereocenters. The van der Waals surface area contributed by atoms with Crippen LogP contribution in [0.25, 0.3) is 0 Å². The molecular formula is C9H15NO. The standard InChI is InChI=1S/C9H15NO/c1-2-5-9(8-11)6-3-4-7-10-9/h2,8,10H,1,3-7H2. The lowest BCUT2D eigenvalue weighted by Gasteiger charge is -2.32. The molecule has 1 aliphatic rings. The molecule has 1 rings (SSSR count). The van der Waals surface area contributed by atoms with Gasteiger partial charge in [0.25, 0.3) is 0 Å². The van der Waals surface area contributed by atoms with Crippen molar-refractivity contribution in [3.8, 4) is 0 Å². The lowest BCUT2D eigenvalue weighted by Crippen LogP contribution is -2.49. The Bertz CT molecular complexity index is 148. The summed E-state index contributed by atoms with van der Waals surface area (Å²) in [5.74, 6) is 0. The fourth-order valence-electron chi connectivity index (χ4n) is 1.57. The number of rotatable bonds is 3. The number of hydrogen-bond donors (Lipinski definition) is 1. The average Bonchev–Trinajstić information content (AvgIpc) is 2.07. The largest absolute Gasteiger partial charge is 0.305 e. The SMILES string of the molecule is C=CCC1(C=O)CCCCN1. The zero-order chi connectivity index (χ0) is 8.16. The molecule has 1 N–H and O–H groups in total. The summed E-state index contributed by atoms with van der Waals surface area (Å²) in [5.41, 5.74) is -0.278. The Labute approximate surface area is 67.7 Å². The van der Waals surface area contributed by atoms with Crippen molar-refractivity contribution in [3.05, 3.63) is 12.7 Å². The van der Waals surface area contributed by atoms with E-state index in [1.807, 2.05) is 6.08 Å². The Morgan fingerprint density at radius 1 is 1.55 bits per heavy atom. The van der Waals surface area contributed by atoms with Crippen LogP contribution in [0, 0.1) is 0 Å². The van der Waals surface area contributed by atoms with Gasteiger partial charge < -0.3 is 10.1 Å². The van der Waals surface area contributed by atoms with Gasteiger partial charge in [0.1, 0.15) is 6.29 Å². The van der Waals surface area contributed by atoms with Gasteiger partial charge in [-0.3, -0.25) is 0 Å². The third-order valence-electron chi connectivity index (χ3n) is 2.26. The normalized spacial score (nSPS) is 31.3. The summed E-state index contributed by atoms with van der Waals surface area (Å²) in [4.78, 5) is 10.8. The molecule has 2 heteroatoms. The Hall–Kier alpha value is -0.630. The fourth-order valence-corrected chi connectivity index (χ4v) is 1.57. The first-order chi connectivity index (χ1) is 5.33. The second-order valence-corrected chi connectivity index (χ2v) is 3.15. The summed E-state index contributed by atoms with van der Waals surface area (Å²) >= 11 is 0. The van der Waals surface area contributed by atoms with E-state index in [1.165, 1.54) is 6.42 Å². The van der Waals surface area contributed by atoms with Gasteiger partial charge in [-0.15, -0.1) is 6.58 Å². The molecule has 11 heavy (non-hydrogen) atoms. The maximum atomic E-state index is 10.8. The van der Waals surface area contributed by atoms with Crippen LogP contribution in [0.3, 0.4) is 0 Å². The van der Waals surface area contributed by atoms with E-state index in [1.54, 1.807) is 0 Å². The van der Waals surface area contributed by atoms with Crippen LogP contribution in [0.15, 0.2) is 12.7 Å². The highest BCUT2D eigenvalue weighted by Gasteiger charge is 2.29. The predicted octanol–water partition coefficient (Wildman–Crippen LogP) is 1.27. The zero-order valence-electron chi connectivity index (χ0n) is 6.81. The molecule has 0 aromatic heterocycles. The molecule has 0 saturated carbocycles. The van der Waals surface area contributed by atoms with Crippen LogP contribution < -0.4 is 5.32 Å². The van der Waals surface area contributed by atoms with Gasteiger partial charge in [0, 0.05) is 0 Å². The molecule has 62 valence electrons. The van der Waals surface area contributed by atoms with Gasteiger partial charge in [0.15, 0.2) is 0 Å². The van der Waals surface area contributed by atoms with Crippen LogP contribution in [0.1, 0.15) is 25.7 Å². The minimum Gasteiger partial charge on any atom is -0.305 e. The van der Waals surface area contributed by atoms with E-state index < -0.39 is 0 Å². The van der Waals surface area contributed by atoms with E-state index in [4.69, 9.17) is 0 Å². The molecule has 1 aliphatic heterocycles. The van der Waals surface area contributed by atoms with Crippen molar-refractivity contribution >= 4 is 6.29 Å². The molecule has 0 radical (unpaired) electrons. The second kappa shape index (κ2) is 3.67. The number of carbonyl (C=O) groups excluding carboxylic acids is 1. The summed E-state index contributed by atoms with van der Waals surface area (Å²) in [5, 5.41) is 3.24. The van der Waals surface area contributed by atoms with E-state index >= 15 is 0 Å². The van der Waals surface area contributed by atoms with Crippen molar-refractivity contribution in [2.45, 2.75) is 31.2 Å². The molecule has 1 saturated heterocycles. The predicted molar refractivity (Wildman–Crippen MR) is 45.5 cm³/mol. The van der Waals surface area contributed by atoms with E-state index in [9.17, 15) is 4.79 Å². The summed E-state index contributed by atoms with van der Waals surface area (Å²) in [6, 6.07) is 0. The first-order valence-electron chi connectivity index (χ1n) is 4.15. The molecule has 0 aromatic rings. The maximum Gasteiger partial charge on any atom is 0.140 e. The molecule has 1 heterocycles. The van der Waals surface area contributed by atoms with Crippen molar-refractivity contribution in [1.82, 2.24) is 5.32 Å². The van der Waals surface area contributed by atoms with Crippen LogP contribution in [0.2, 0.25) is 0 Å². The van der Waals surface area contributed by atoms with Crippen molar-refractivity contribution in [3.63, 3.8) is 0 Å². The number of carbonyl (C=O) groups is 1. The highest BCUT2D eigenvalue weighted by atomic mass is 16.1. The van der Waals surface area contributed by atoms with Crippen LogP contribution in [-0.2, 0) is 4.79 Å². The highest BCUT2D eigenvalue weighted by molar-refractivity contribution is 5.64. The molecule has 0 bridgehead atoms. The first-order valence-corrected chi connectivity index (χ1v) is 4.15. The Balaban J connectivity index is 2.56. The Kier molecular flexibility index (Phi) is 2.83. The third kappa shape index (κ3) is 1.90. The number of hydrogen-bond acceptors (Lipinski definition) is 2. The van der Waals surface area contributed by atoms with E-state index in [-0.39, 0.29) is 5.54 Å². The highest BCUT2D eigenvalue weighted by Crippen LogP contribution is 2.20. The van der Waals surface area contributed by atoms with Crippen molar-refractivity contribution in [2.75, 3.05) is 6.54 Å². The minimum atomic E-state index is -0.278. The minimum absolute atomic E-state index is 0.278. The van der Waals surface area contributed by atoms with Gasteiger partial charge in [0.2, 0.25) is 0 Å². The summed E-state index contributed by atoms with van der Waals surface area (Å²) in [6.45, 7) is 4.61. The first kappa shape index (κ1) is 8.47. The number of nitrogens with one attached hydrogen (secondary N) is 1. The van der Waals surface area contributed by atoms with Gasteiger partial charge in [-0.25, -0.2) is 0 Å². The number of piperidine rings is 1. The summed E-state index contributed by atoms with van der Waals surface area (Å²) in [7, 11) is 0. The van der Waals surface area contributed by atoms with E-state index in [2.05, 4.69) is 11.9 Å². The topological polar surface area (TPSA) is 29.1 Å². The molecule has 1 fully saturated rings. The van der Waals surface area contributed by atoms with Gasteiger partial charge in [-0.1, -0.05) is 6.08 Å². The van der Waals surface area contributed by atoms with Gasteiger partial charge in [0.05, 0.1) is 5.54 Å². The zero-order valence-corrected chi connectivity index (χ0v) is 6.81. The lowest BCUT2D eigenvalue weighted by molar-refractivity contribution is -0.114. The molecular weight excluding hydrogens is 138 g/mol. The smallest absolute Gasteiger partial charge is 0.140 e. The fraction of sp³-hybridized carbons (Fsp3) is 0.667. The number of aldehydes is 1. The van der Waals surface area contributed by atoms with Crippen molar-refractivity contribution in [1.29, 1.82) is 0 Å². The molecule has 2 nitrogen and oxygen atoms in total. The molecule has 0 spiro atoms. The van der Waals surface area contributed by atoms with Crippen molar-refractivity contribution in [2.24, 2.45) is 0 Å². The maximum absolute atomic E-state index is 10.8. The van der Waals surface area contributed by atoms with Gasteiger partial charge >= 0.3 is 0 Å². The third-order valence-corrected chi connectivity index (χ3v) is 2.26. The Morgan fingerprint density at radius 3 is 2.82 bits per heavy atom. The lowest BCUT2D eigenvalue weighted by atomic mass is 9.87. The molecule has 1 unspecified atom stereocenters. The Morgan fingerprint density at radius 2 is 2.36 bits per heavy atom. The molecule has 0 aromatic carbocycles. The monoisotopic (exact) mass is 153 g/mol. The van der Waals surface area contributed by atoms with E-state index in [0.717, 1.165) is 32.1 Å². The second-order valence-electron chi connectivity index (χ2n) is 3.15. The molecule has 0 amide bonds. The van der Waals surface area contributed by atoms with Crippen LogP contribution in [-0.4, -0.2) is 18.4 Å². The van der Waals surface area contributed by atoms with E-state index in [0.29, 0.717) is 0 Å².